The SMILES string of the molecule is COc1cc2c(cc1OC)[C@H]1C(=O)c3ccc4oc(C(C)C)cc4c3O[C@@H]1CO2. The highest BCUT2D eigenvalue weighted by molar-refractivity contribution is 6.09. The quantitative estimate of drug-likeness (QED) is 0.642. The Morgan fingerprint density at radius 2 is 1.83 bits per heavy atom. The van der Waals surface area contributed by atoms with E-state index in [4.69, 9.17) is 23.4 Å². The largest absolute Gasteiger partial charge is 0.493 e. The Morgan fingerprint density at radius 3 is 2.55 bits per heavy atom. The Hall–Kier alpha value is -3.15. The maximum Gasteiger partial charge on any atom is 0.178 e. The van der Waals surface area contributed by atoms with Gasteiger partial charge in [0.2, 0.25) is 0 Å². The fourth-order valence-corrected chi connectivity index (χ4v) is 4.15. The number of hydrogen-bond acceptors (Lipinski definition) is 6. The molecule has 0 bridgehead atoms. The van der Waals surface area contributed by atoms with Crippen LogP contribution in [0.25, 0.3) is 11.0 Å². The average Bonchev–Trinajstić information content (AvgIpc) is 3.17. The number of fused-ring (bicyclic) bond motifs is 6. The second-order valence-electron chi connectivity index (χ2n) is 7.71. The highest BCUT2D eigenvalue weighted by atomic mass is 16.5. The first-order valence-corrected chi connectivity index (χ1v) is 9.67. The van der Waals surface area contributed by atoms with Gasteiger partial charge in [0.15, 0.2) is 17.3 Å². The minimum absolute atomic E-state index is 0.0159. The van der Waals surface area contributed by atoms with Gasteiger partial charge in [-0.3, -0.25) is 4.79 Å². The third-order valence-electron chi connectivity index (χ3n) is 5.68. The van der Waals surface area contributed by atoms with Crippen molar-refractivity contribution < 1.29 is 28.2 Å². The van der Waals surface area contributed by atoms with Crippen LogP contribution in [0.3, 0.4) is 0 Å². The summed E-state index contributed by atoms with van der Waals surface area (Å²) >= 11 is 0. The van der Waals surface area contributed by atoms with Crippen molar-refractivity contribution in [3.05, 3.63) is 47.2 Å². The lowest BCUT2D eigenvalue weighted by molar-refractivity contribution is 0.0566. The summed E-state index contributed by atoms with van der Waals surface area (Å²) in [6.45, 7) is 4.42. The molecule has 2 atom stereocenters. The third-order valence-corrected chi connectivity index (χ3v) is 5.68. The van der Waals surface area contributed by atoms with Crippen LogP contribution in [0.15, 0.2) is 34.7 Å². The van der Waals surface area contributed by atoms with Gasteiger partial charge < -0.3 is 23.4 Å². The molecule has 6 heteroatoms. The highest BCUT2D eigenvalue weighted by Gasteiger charge is 2.44. The maximum absolute atomic E-state index is 13.5. The number of ketones is 1. The molecule has 0 amide bonds. The molecule has 0 saturated heterocycles. The van der Waals surface area contributed by atoms with E-state index in [1.807, 2.05) is 18.2 Å². The van der Waals surface area contributed by atoms with Crippen molar-refractivity contribution in [1.82, 2.24) is 0 Å². The van der Waals surface area contributed by atoms with Gasteiger partial charge in [0.25, 0.3) is 0 Å². The molecule has 0 fully saturated rings. The number of carbonyl (C=O) groups is 1. The zero-order valence-corrected chi connectivity index (χ0v) is 16.8. The van der Waals surface area contributed by atoms with Gasteiger partial charge in [-0.15, -0.1) is 0 Å². The van der Waals surface area contributed by atoms with Gasteiger partial charge in [-0.2, -0.15) is 0 Å². The molecule has 2 aromatic carbocycles. The molecule has 150 valence electrons. The van der Waals surface area contributed by atoms with E-state index in [2.05, 4.69) is 13.8 Å². The first-order chi connectivity index (χ1) is 14.0. The van der Waals surface area contributed by atoms with Gasteiger partial charge in [-0.25, -0.2) is 0 Å². The molecule has 3 heterocycles. The van der Waals surface area contributed by atoms with E-state index in [0.29, 0.717) is 28.6 Å². The van der Waals surface area contributed by atoms with Gasteiger partial charge in [-0.1, -0.05) is 13.8 Å². The van der Waals surface area contributed by atoms with Crippen molar-refractivity contribution in [1.29, 1.82) is 0 Å². The van der Waals surface area contributed by atoms with Gasteiger partial charge in [0.1, 0.15) is 35.6 Å². The van der Waals surface area contributed by atoms with Crippen molar-refractivity contribution in [2.24, 2.45) is 0 Å². The molecule has 1 aromatic heterocycles. The van der Waals surface area contributed by atoms with E-state index in [1.54, 1.807) is 26.4 Å². The molecular formula is C23H22O6. The number of methoxy groups -OCH3 is 2. The molecule has 29 heavy (non-hydrogen) atoms. The summed E-state index contributed by atoms with van der Waals surface area (Å²) in [6.07, 6.45) is -0.413. The minimum atomic E-state index is -0.458. The van der Waals surface area contributed by atoms with Crippen LogP contribution in [0.4, 0.5) is 0 Å². The summed E-state index contributed by atoms with van der Waals surface area (Å²) < 4.78 is 28.9. The van der Waals surface area contributed by atoms with Crippen LogP contribution in [0.1, 0.15) is 47.4 Å². The molecule has 5 rings (SSSR count). The minimum Gasteiger partial charge on any atom is -0.493 e. The van der Waals surface area contributed by atoms with Crippen LogP contribution in [0, 0.1) is 0 Å². The lowest BCUT2D eigenvalue weighted by atomic mass is 9.81. The van der Waals surface area contributed by atoms with Crippen molar-refractivity contribution >= 4 is 16.8 Å². The zero-order chi connectivity index (χ0) is 20.3. The number of rotatable bonds is 3. The van der Waals surface area contributed by atoms with E-state index < -0.39 is 12.0 Å². The molecular weight excluding hydrogens is 372 g/mol. The Morgan fingerprint density at radius 1 is 1.07 bits per heavy atom. The Bertz CT molecular complexity index is 1130. The van der Waals surface area contributed by atoms with Gasteiger partial charge in [0.05, 0.1) is 31.1 Å². The van der Waals surface area contributed by atoms with E-state index in [9.17, 15) is 4.79 Å². The molecule has 0 aliphatic carbocycles. The molecule has 0 radical (unpaired) electrons. The molecule has 0 N–H and O–H groups in total. The molecule has 2 aliphatic heterocycles. The Kier molecular flexibility index (Phi) is 3.98. The molecule has 3 aromatic rings. The summed E-state index contributed by atoms with van der Waals surface area (Å²) in [4.78, 5) is 13.5. The summed E-state index contributed by atoms with van der Waals surface area (Å²) in [5, 5.41) is 0.830. The number of hydrogen-bond donors (Lipinski definition) is 0. The second-order valence-corrected chi connectivity index (χ2v) is 7.71. The number of Topliss-reactive ketones (excluding diaryl/α,β-unsaturated/α-hetero) is 1. The predicted octanol–water partition coefficient (Wildman–Crippen LogP) is 4.69. The lowest BCUT2D eigenvalue weighted by Crippen LogP contribution is -2.43. The van der Waals surface area contributed by atoms with Crippen molar-refractivity contribution in [3.63, 3.8) is 0 Å². The van der Waals surface area contributed by atoms with E-state index >= 15 is 0 Å². The molecule has 0 spiro atoms. The van der Waals surface area contributed by atoms with Crippen LogP contribution in [0.5, 0.6) is 23.0 Å². The molecule has 2 aliphatic rings. The van der Waals surface area contributed by atoms with Gasteiger partial charge in [0, 0.05) is 17.5 Å². The zero-order valence-electron chi connectivity index (χ0n) is 16.8. The van der Waals surface area contributed by atoms with Crippen LogP contribution >= 0.6 is 0 Å². The number of benzene rings is 2. The fourth-order valence-electron chi connectivity index (χ4n) is 4.15. The molecule has 0 unspecified atom stereocenters. The number of furan rings is 1. The third kappa shape index (κ3) is 2.58. The van der Waals surface area contributed by atoms with E-state index in [-0.39, 0.29) is 18.3 Å². The standard InChI is InChI=1S/C23H22O6/c1-11(2)16-8-14-15(28-16)6-5-12-22(24)21-13-7-18(25-3)19(26-4)9-17(13)27-10-20(21)29-23(12)14/h5-9,11,20-21H,10H2,1-4H3/t20-,21-/m1/s1. The first kappa shape index (κ1) is 17.9. The fraction of sp³-hybridized carbons (Fsp3) is 0.348. The maximum atomic E-state index is 13.5. The van der Waals surface area contributed by atoms with E-state index in [1.165, 1.54) is 0 Å². The van der Waals surface area contributed by atoms with Crippen LogP contribution in [-0.2, 0) is 0 Å². The summed E-state index contributed by atoms with van der Waals surface area (Å²) in [6, 6.07) is 9.18. The lowest BCUT2D eigenvalue weighted by Gasteiger charge is -2.37. The van der Waals surface area contributed by atoms with E-state index in [0.717, 1.165) is 22.3 Å². The molecule has 6 nitrogen and oxygen atoms in total. The first-order valence-electron chi connectivity index (χ1n) is 9.67. The summed E-state index contributed by atoms with van der Waals surface area (Å²) in [7, 11) is 3.14. The normalized spacial score (nSPS) is 19.8. The molecule has 0 saturated carbocycles. The van der Waals surface area contributed by atoms with Crippen molar-refractivity contribution in [3.8, 4) is 23.0 Å². The Labute approximate surface area is 168 Å². The van der Waals surface area contributed by atoms with Crippen LogP contribution < -0.4 is 18.9 Å². The monoisotopic (exact) mass is 394 g/mol. The van der Waals surface area contributed by atoms with Crippen LogP contribution in [-0.4, -0.2) is 32.7 Å². The number of carbonyl (C=O) groups excluding carboxylic acids is 1. The van der Waals surface area contributed by atoms with Crippen LogP contribution in [0.2, 0.25) is 0 Å². The topological polar surface area (TPSA) is 67.1 Å². The van der Waals surface area contributed by atoms with Gasteiger partial charge in [-0.05, 0) is 24.3 Å². The highest BCUT2D eigenvalue weighted by Crippen LogP contribution is 2.48. The second kappa shape index (κ2) is 6.44. The summed E-state index contributed by atoms with van der Waals surface area (Å²) in [5.41, 5.74) is 2.05. The predicted molar refractivity (Wildman–Crippen MR) is 107 cm³/mol. The smallest absolute Gasteiger partial charge is 0.178 e. The number of ether oxygens (including phenoxy) is 4. The van der Waals surface area contributed by atoms with Crippen molar-refractivity contribution in [2.75, 3.05) is 20.8 Å². The van der Waals surface area contributed by atoms with Gasteiger partial charge >= 0.3 is 0 Å². The summed E-state index contributed by atoms with van der Waals surface area (Å²) in [5.74, 6) is 3.00. The van der Waals surface area contributed by atoms with Crippen molar-refractivity contribution in [2.45, 2.75) is 31.8 Å². The average molecular weight is 394 g/mol. The Balaban J connectivity index is 1.64.